The molecule has 2 heterocycles. The molecule has 1 atom stereocenters. The van der Waals surface area contributed by atoms with Crippen LogP contribution in [0.15, 0.2) is 12.1 Å². The molecule has 1 fully saturated rings. The number of aliphatic hydroxyl groups is 1. The van der Waals surface area contributed by atoms with Gasteiger partial charge in [0.15, 0.2) is 5.82 Å². The third-order valence-electron chi connectivity index (χ3n) is 3.98. The van der Waals surface area contributed by atoms with Crippen molar-refractivity contribution in [1.82, 2.24) is 14.5 Å². The summed E-state index contributed by atoms with van der Waals surface area (Å²) in [5.74, 6) is 1.01. The van der Waals surface area contributed by atoms with Crippen molar-refractivity contribution in [1.29, 1.82) is 0 Å². The summed E-state index contributed by atoms with van der Waals surface area (Å²) in [6.07, 6.45) is 3.91. The molecule has 2 rings (SSSR count). The lowest BCUT2D eigenvalue weighted by Gasteiger charge is -2.30. The summed E-state index contributed by atoms with van der Waals surface area (Å²) in [6.45, 7) is 1.77. The van der Waals surface area contributed by atoms with E-state index >= 15 is 0 Å². The van der Waals surface area contributed by atoms with Crippen LogP contribution in [0.3, 0.4) is 0 Å². The number of nitrogens with zero attached hydrogens (tertiary/aromatic N) is 4. The molecule has 0 saturated carbocycles. The van der Waals surface area contributed by atoms with Gasteiger partial charge in [-0.15, -0.1) is 5.10 Å². The summed E-state index contributed by atoms with van der Waals surface area (Å²) in [5, 5.41) is 17.3. The van der Waals surface area contributed by atoms with Crippen LogP contribution in [0.25, 0.3) is 0 Å². The van der Waals surface area contributed by atoms with Crippen LogP contribution < -0.4 is 4.90 Å². The molecule has 0 bridgehead atoms. The van der Waals surface area contributed by atoms with E-state index in [1.807, 2.05) is 24.1 Å². The van der Waals surface area contributed by atoms with E-state index in [1.54, 1.807) is 4.31 Å². The Bertz CT molecular complexity index is 576. The highest BCUT2D eigenvalue weighted by molar-refractivity contribution is 7.88. The minimum atomic E-state index is -3.11. The number of likely N-dealkylation sites (N-methyl/N-ethyl adjacent to an activating group) is 1. The van der Waals surface area contributed by atoms with Gasteiger partial charge in [-0.2, -0.15) is 5.10 Å². The van der Waals surface area contributed by atoms with Crippen LogP contribution in [0, 0.1) is 5.92 Å². The summed E-state index contributed by atoms with van der Waals surface area (Å²) in [5.41, 5.74) is 0.876. The van der Waals surface area contributed by atoms with E-state index in [0.29, 0.717) is 25.6 Å². The summed E-state index contributed by atoms with van der Waals surface area (Å²) < 4.78 is 24.8. The van der Waals surface area contributed by atoms with Gasteiger partial charge in [-0.1, -0.05) is 0 Å². The summed E-state index contributed by atoms with van der Waals surface area (Å²) >= 11 is 0. The van der Waals surface area contributed by atoms with Crippen molar-refractivity contribution in [3.05, 3.63) is 17.8 Å². The van der Waals surface area contributed by atoms with E-state index < -0.39 is 10.0 Å². The van der Waals surface area contributed by atoms with Gasteiger partial charge < -0.3 is 10.0 Å². The summed E-state index contributed by atoms with van der Waals surface area (Å²) in [4.78, 5) is 1.84. The molecule has 7 nitrogen and oxygen atoms in total. The van der Waals surface area contributed by atoms with Crippen LogP contribution in [0.5, 0.6) is 0 Å². The largest absolute Gasteiger partial charge is 0.395 e. The van der Waals surface area contributed by atoms with E-state index in [1.165, 1.54) is 6.26 Å². The number of aliphatic hydroxyl groups excluding tert-OH is 1. The number of rotatable bonds is 6. The molecule has 1 aliphatic rings. The van der Waals surface area contributed by atoms with Crippen LogP contribution in [0.4, 0.5) is 5.82 Å². The molecule has 1 aliphatic heterocycles. The lowest BCUT2D eigenvalue weighted by Crippen LogP contribution is -2.39. The third kappa shape index (κ3) is 4.62. The lowest BCUT2D eigenvalue weighted by molar-refractivity contribution is 0.265. The Hall–Kier alpha value is -1.25. The van der Waals surface area contributed by atoms with Gasteiger partial charge in [-0.25, -0.2) is 12.7 Å². The molecule has 1 N–H and O–H groups in total. The standard InChI is InChI=1S/C14H24N4O3S/c1-17(8-9-19)14-6-5-13(15-16-14)10-12-4-3-7-18(11-12)22(2,20)21/h5-6,12,19H,3-4,7-11H2,1-2H3/t12-/m1/s1. The third-order valence-corrected chi connectivity index (χ3v) is 5.25. The molecular weight excluding hydrogens is 304 g/mol. The van der Waals surface area contributed by atoms with Crippen LogP contribution in [-0.2, 0) is 16.4 Å². The fourth-order valence-corrected chi connectivity index (χ4v) is 3.66. The Morgan fingerprint density at radius 2 is 2.18 bits per heavy atom. The number of piperidine rings is 1. The number of anilines is 1. The van der Waals surface area contributed by atoms with Crippen LogP contribution in [0.1, 0.15) is 18.5 Å². The highest BCUT2D eigenvalue weighted by Gasteiger charge is 2.26. The number of sulfonamides is 1. The first kappa shape index (κ1) is 17.1. The van der Waals surface area contributed by atoms with E-state index in [9.17, 15) is 8.42 Å². The quantitative estimate of drug-likeness (QED) is 0.798. The van der Waals surface area contributed by atoms with Crippen molar-refractivity contribution < 1.29 is 13.5 Å². The van der Waals surface area contributed by atoms with Gasteiger partial charge in [0.2, 0.25) is 10.0 Å². The summed E-state index contributed by atoms with van der Waals surface area (Å²) in [7, 11) is -1.26. The highest BCUT2D eigenvalue weighted by atomic mass is 32.2. The van der Waals surface area contributed by atoms with Gasteiger partial charge in [0.25, 0.3) is 0 Å². The number of aromatic nitrogens is 2. The van der Waals surface area contributed by atoms with Gasteiger partial charge in [-0.3, -0.25) is 0 Å². The summed E-state index contributed by atoms with van der Waals surface area (Å²) in [6, 6.07) is 3.81. The van der Waals surface area contributed by atoms with E-state index in [4.69, 9.17) is 5.11 Å². The molecule has 0 unspecified atom stereocenters. The minimum absolute atomic E-state index is 0.0727. The molecule has 0 aromatic carbocycles. The molecule has 8 heteroatoms. The van der Waals surface area contributed by atoms with Gasteiger partial charge in [0, 0.05) is 26.7 Å². The van der Waals surface area contributed by atoms with Crippen molar-refractivity contribution in [2.45, 2.75) is 19.3 Å². The monoisotopic (exact) mass is 328 g/mol. The minimum Gasteiger partial charge on any atom is -0.395 e. The lowest BCUT2D eigenvalue weighted by atomic mass is 9.94. The predicted octanol–water partition coefficient (Wildman–Crippen LogP) is 0.119. The molecule has 0 spiro atoms. The number of hydrogen-bond acceptors (Lipinski definition) is 6. The Kier molecular flexibility index (Phi) is 5.71. The Morgan fingerprint density at radius 1 is 1.41 bits per heavy atom. The topological polar surface area (TPSA) is 86.6 Å². The maximum absolute atomic E-state index is 11.6. The maximum Gasteiger partial charge on any atom is 0.211 e. The van der Waals surface area contributed by atoms with Gasteiger partial charge in [0.1, 0.15) is 0 Å². The molecule has 22 heavy (non-hydrogen) atoms. The number of hydrogen-bond donors (Lipinski definition) is 1. The maximum atomic E-state index is 11.6. The van der Waals surface area contributed by atoms with Crippen LogP contribution in [-0.4, -0.2) is 67.6 Å². The molecule has 1 saturated heterocycles. The van der Waals surface area contributed by atoms with Crippen molar-refractivity contribution in [2.75, 3.05) is 44.4 Å². The van der Waals surface area contributed by atoms with E-state index in [0.717, 1.165) is 30.8 Å². The van der Waals surface area contributed by atoms with Crippen molar-refractivity contribution in [3.8, 4) is 0 Å². The Balaban J connectivity index is 1.96. The second kappa shape index (κ2) is 7.34. The van der Waals surface area contributed by atoms with Crippen molar-refractivity contribution in [2.24, 2.45) is 5.92 Å². The van der Waals surface area contributed by atoms with Gasteiger partial charge >= 0.3 is 0 Å². The predicted molar refractivity (Wildman–Crippen MR) is 85.2 cm³/mol. The first-order valence-electron chi connectivity index (χ1n) is 7.50. The average molecular weight is 328 g/mol. The molecule has 1 aromatic heterocycles. The highest BCUT2D eigenvalue weighted by Crippen LogP contribution is 2.22. The first-order chi connectivity index (χ1) is 10.4. The van der Waals surface area contributed by atoms with Crippen molar-refractivity contribution >= 4 is 15.8 Å². The SMILES string of the molecule is CN(CCO)c1ccc(C[C@H]2CCCN(S(C)(=O)=O)C2)nn1. The Morgan fingerprint density at radius 3 is 2.77 bits per heavy atom. The smallest absolute Gasteiger partial charge is 0.211 e. The molecule has 0 radical (unpaired) electrons. The van der Waals surface area contributed by atoms with Crippen LogP contribution >= 0.6 is 0 Å². The zero-order chi connectivity index (χ0) is 16.2. The Labute approximate surface area is 132 Å². The fraction of sp³-hybridized carbons (Fsp3) is 0.714. The molecule has 0 amide bonds. The second-order valence-electron chi connectivity index (χ2n) is 5.86. The fourth-order valence-electron chi connectivity index (χ4n) is 2.72. The second-order valence-corrected chi connectivity index (χ2v) is 7.84. The van der Waals surface area contributed by atoms with E-state index in [-0.39, 0.29) is 6.61 Å². The molecule has 124 valence electrons. The zero-order valence-corrected chi connectivity index (χ0v) is 14.0. The zero-order valence-electron chi connectivity index (χ0n) is 13.1. The average Bonchev–Trinajstić information content (AvgIpc) is 2.48. The van der Waals surface area contributed by atoms with Gasteiger partial charge in [-0.05, 0) is 37.3 Å². The molecule has 1 aromatic rings. The van der Waals surface area contributed by atoms with Crippen LogP contribution in [0.2, 0.25) is 0 Å². The first-order valence-corrected chi connectivity index (χ1v) is 9.34. The van der Waals surface area contributed by atoms with E-state index in [2.05, 4.69) is 10.2 Å². The normalized spacial score (nSPS) is 20.0. The molecular formula is C14H24N4O3S. The molecule has 0 aliphatic carbocycles. The van der Waals surface area contributed by atoms with Gasteiger partial charge in [0.05, 0.1) is 18.6 Å². The van der Waals surface area contributed by atoms with Crippen molar-refractivity contribution in [3.63, 3.8) is 0 Å².